The molecule has 0 saturated carbocycles. The molecule has 0 aliphatic rings. The average molecular weight is 262 g/mol. The standard InChI is InChI=1S/C13H11FN2O3/c1-19-12-6-8(14)2-3-10(12)9-4-5-15-7-11(9)16-13(17)18/h2-7,16H,1H3,(H,17,18). The van der Waals surface area contributed by atoms with E-state index in [2.05, 4.69) is 10.3 Å². The molecule has 0 aliphatic heterocycles. The van der Waals surface area contributed by atoms with Crippen LogP contribution < -0.4 is 10.1 Å². The number of benzene rings is 1. The second kappa shape index (κ2) is 5.34. The van der Waals surface area contributed by atoms with Crippen molar-refractivity contribution in [1.82, 2.24) is 4.98 Å². The molecule has 0 unspecified atom stereocenters. The van der Waals surface area contributed by atoms with Crippen LogP contribution in [0.25, 0.3) is 11.1 Å². The number of amides is 1. The highest BCUT2D eigenvalue weighted by Gasteiger charge is 2.12. The Hall–Kier alpha value is -2.63. The summed E-state index contributed by atoms with van der Waals surface area (Å²) in [6.45, 7) is 0. The van der Waals surface area contributed by atoms with E-state index in [1.807, 2.05) is 0 Å². The number of hydrogen-bond donors (Lipinski definition) is 2. The molecule has 1 aromatic heterocycles. The van der Waals surface area contributed by atoms with E-state index in [0.29, 0.717) is 22.6 Å². The van der Waals surface area contributed by atoms with Crippen molar-refractivity contribution in [2.24, 2.45) is 0 Å². The van der Waals surface area contributed by atoms with Crippen molar-refractivity contribution in [3.05, 3.63) is 42.5 Å². The smallest absolute Gasteiger partial charge is 0.409 e. The molecule has 19 heavy (non-hydrogen) atoms. The molecule has 2 rings (SSSR count). The SMILES string of the molecule is COc1cc(F)ccc1-c1ccncc1NC(=O)O. The average Bonchev–Trinajstić information content (AvgIpc) is 2.39. The summed E-state index contributed by atoms with van der Waals surface area (Å²) in [6.07, 6.45) is 1.70. The van der Waals surface area contributed by atoms with Crippen LogP contribution in [0.5, 0.6) is 5.75 Å². The van der Waals surface area contributed by atoms with Crippen molar-refractivity contribution in [3.8, 4) is 16.9 Å². The Labute approximate surface area is 108 Å². The van der Waals surface area contributed by atoms with Gasteiger partial charge in [0, 0.05) is 23.4 Å². The first-order valence-corrected chi connectivity index (χ1v) is 5.39. The first kappa shape index (κ1) is 12.8. The molecule has 1 heterocycles. The normalized spacial score (nSPS) is 10.0. The highest BCUT2D eigenvalue weighted by Crippen LogP contribution is 2.34. The molecule has 0 saturated heterocycles. The number of rotatable bonds is 3. The lowest BCUT2D eigenvalue weighted by molar-refractivity contribution is 0.209. The Morgan fingerprint density at radius 3 is 2.84 bits per heavy atom. The number of pyridine rings is 1. The lowest BCUT2D eigenvalue weighted by Gasteiger charge is -2.12. The Bertz CT molecular complexity index is 617. The third-order valence-electron chi connectivity index (χ3n) is 2.52. The van der Waals surface area contributed by atoms with Crippen LogP contribution in [-0.2, 0) is 0 Å². The van der Waals surface area contributed by atoms with E-state index >= 15 is 0 Å². The predicted molar refractivity (Wildman–Crippen MR) is 67.8 cm³/mol. The molecule has 0 bridgehead atoms. The van der Waals surface area contributed by atoms with Gasteiger partial charge in [-0.25, -0.2) is 9.18 Å². The van der Waals surface area contributed by atoms with Gasteiger partial charge in [-0.15, -0.1) is 0 Å². The highest BCUT2D eigenvalue weighted by atomic mass is 19.1. The number of carboxylic acid groups (broad SMARTS) is 1. The van der Waals surface area contributed by atoms with E-state index in [1.165, 1.54) is 37.7 Å². The van der Waals surface area contributed by atoms with Crippen molar-refractivity contribution in [2.75, 3.05) is 12.4 Å². The lowest BCUT2D eigenvalue weighted by atomic mass is 10.0. The fourth-order valence-electron chi connectivity index (χ4n) is 1.73. The number of methoxy groups -OCH3 is 1. The van der Waals surface area contributed by atoms with Crippen LogP contribution in [0.2, 0.25) is 0 Å². The second-order valence-electron chi connectivity index (χ2n) is 3.70. The van der Waals surface area contributed by atoms with Gasteiger partial charge in [-0.1, -0.05) is 0 Å². The van der Waals surface area contributed by atoms with Crippen molar-refractivity contribution < 1.29 is 19.0 Å². The monoisotopic (exact) mass is 262 g/mol. The number of aromatic nitrogens is 1. The highest BCUT2D eigenvalue weighted by molar-refractivity contribution is 5.91. The largest absolute Gasteiger partial charge is 0.496 e. The fourth-order valence-corrected chi connectivity index (χ4v) is 1.73. The summed E-state index contributed by atoms with van der Waals surface area (Å²) in [5.74, 6) is -0.109. The van der Waals surface area contributed by atoms with Gasteiger partial charge >= 0.3 is 6.09 Å². The molecule has 0 spiro atoms. The molecule has 0 atom stereocenters. The third-order valence-corrected chi connectivity index (χ3v) is 2.52. The van der Waals surface area contributed by atoms with Gasteiger partial charge in [-0.2, -0.15) is 0 Å². The first-order chi connectivity index (χ1) is 9.11. The summed E-state index contributed by atoms with van der Waals surface area (Å²) in [5, 5.41) is 11.0. The second-order valence-corrected chi connectivity index (χ2v) is 3.70. The number of nitrogens with one attached hydrogen (secondary N) is 1. The maximum absolute atomic E-state index is 13.2. The van der Waals surface area contributed by atoms with Crippen molar-refractivity contribution in [1.29, 1.82) is 0 Å². The fraction of sp³-hybridized carbons (Fsp3) is 0.0769. The van der Waals surface area contributed by atoms with E-state index in [1.54, 1.807) is 6.07 Å². The van der Waals surface area contributed by atoms with E-state index in [-0.39, 0.29) is 0 Å². The Balaban J connectivity index is 2.55. The van der Waals surface area contributed by atoms with Crippen LogP contribution in [0.3, 0.4) is 0 Å². The number of carbonyl (C=O) groups is 1. The van der Waals surface area contributed by atoms with Gasteiger partial charge in [0.2, 0.25) is 0 Å². The molecule has 2 aromatic rings. The number of halogens is 1. The molecule has 98 valence electrons. The maximum atomic E-state index is 13.2. The summed E-state index contributed by atoms with van der Waals surface area (Å²) in [5.41, 5.74) is 1.45. The summed E-state index contributed by atoms with van der Waals surface area (Å²) >= 11 is 0. The Kier molecular flexibility index (Phi) is 3.61. The zero-order valence-corrected chi connectivity index (χ0v) is 10.1. The Morgan fingerprint density at radius 2 is 2.16 bits per heavy atom. The lowest BCUT2D eigenvalue weighted by Crippen LogP contribution is -2.08. The van der Waals surface area contributed by atoms with Crippen LogP contribution >= 0.6 is 0 Å². The van der Waals surface area contributed by atoms with Gasteiger partial charge in [-0.05, 0) is 18.2 Å². The molecule has 1 aromatic carbocycles. The van der Waals surface area contributed by atoms with Crippen LogP contribution in [0.1, 0.15) is 0 Å². The molecule has 5 nitrogen and oxygen atoms in total. The molecule has 0 radical (unpaired) electrons. The molecular weight excluding hydrogens is 251 g/mol. The van der Waals surface area contributed by atoms with E-state index < -0.39 is 11.9 Å². The van der Waals surface area contributed by atoms with Crippen molar-refractivity contribution in [2.45, 2.75) is 0 Å². The summed E-state index contributed by atoms with van der Waals surface area (Å²) < 4.78 is 18.3. The summed E-state index contributed by atoms with van der Waals surface area (Å²) in [6, 6.07) is 5.67. The van der Waals surface area contributed by atoms with Gasteiger partial charge in [-0.3, -0.25) is 10.3 Å². The van der Waals surface area contributed by atoms with Crippen molar-refractivity contribution in [3.63, 3.8) is 0 Å². The first-order valence-electron chi connectivity index (χ1n) is 5.39. The predicted octanol–water partition coefficient (Wildman–Crippen LogP) is 2.99. The molecule has 0 aliphatic carbocycles. The number of nitrogens with zero attached hydrogens (tertiary/aromatic N) is 1. The topological polar surface area (TPSA) is 71.5 Å². The summed E-state index contributed by atoms with van der Waals surface area (Å²) in [7, 11) is 1.42. The van der Waals surface area contributed by atoms with Gasteiger partial charge < -0.3 is 9.84 Å². The van der Waals surface area contributed by atoms with Crippen LogP contribution in [0.15, 0.2) is 36.7 Å². The number of hydrogen-bond acceptors (Lipinski definition) is 3. The van der Waals surface area contributed by atoms with Gasteiger partial charge in [0.05, 0.1) is 19.0 Å². The summed E-state index contributed by atoms with van der Waals surface area (Å²) in [4.78, 5) is 14.6. The van der Waals surface area contributed by atoms with Crippen molar-refractivity contribution >= 4 is 11.8 Å². The minimum Gasteiger partial charge on any atom is -0.496 e. The molecule has 0 fully saturated rings. The molecule has 2 N–H and O–H groups in total. The van der Waals surface area contributed by atoms with Crippen LogP contribution in [0.4, 0.5) is 14.9 Å². The molecular formula is C13H11FN2O3. The van der Waals surface area contributed by atoms with Gasteiger partial charge in [0.25, 0.3) is 0 Å². The maximum Gasteiger partial charge on any atom is 0.409 e. The van der Waals surface area contributed by atoms with Crippen LogP contribution in [-0.4, -0.2) is 23.3 Å². The molecule has 6 heteroatoms. The van der Waals surface area contributed by atoms with E-state index in [9.17, 15) is 9.18 Å². The van der Waals surface area contributed by atoms with E-state index in [4.69, 9.17) is 9.84 Å². The number of anilines is 1. The van der Waals surface area contributed by atoms with Crippen LogP contribution in [0, 0.1) is 5.82 Å². The zero-order valence-electron chi connectivity index (χ0n) is 10.1. The minimum atomic E-state index is -1.20. The quantitative estimate of drug-likeness (QED) is 0.892. The Morgan fingerprint density at radius 1 is 1.37 bits per heavy atom. The number of ether oxygens (including phenoxy) is 1. The van der Waals surface area contributed by atoms with E-state index in [0.717, 1.165) is 0 Å². The van der Waals surface area contributed by atoms with Gasteiger partial charge in [0.1, 0.15) is 11.6 Å². The van der Waals surface area contributed by atoms with Gasteiger partial charge in [0.15, 0.2) is 0 Å². The molecule has 1 amide bonds. The zero-order chi connectivity index (χ0) is 13.8. The third kappa shape index (κ3) is 2.79. The minimum absolute atomic E-state index is 0.305.